The number of halogens is 3. The number of hydrogen-bond donors (Lipinski definition) is 2. The highest BCUT2D eigenvalue weighted by atomic mass is 19.4. The molecule has 6 heteroatoms. The van der Waals surface area contributed by atoms with Gasteiger partial charge in [0, 0.05) is 24.9 Å². The first-order valence-corrected chi connectivity index (χ1v) is 6.92. The van der Waals surface area contributed by atoms with E-state index < -0.39 is 12.7 Å². The lowest BCUT2D eigenvalue weighted by atomic mass is 9.98. The molecule has 0 saturated heterocycles. The van der Waals surface area contributed by atoms with E-state index in [1.54, 1.807) is 12.4 Å². The Morgan fingerprint density at radius 2 is 2.19 bits per heavy atom. The Labute approximate surface area is 120 Å². The molecule has 0 saturated carbocycles. The van der Waals surface area contributed by atoms with E-state index in [-0.39, 0.29) is 12.5 Å². The van der Waals surface area contributed by atoms with Gasteiger partial charge in [0.15, 0.2) is 0 Å². The van der Waals surface area contributed by atoms with Crippen LogP contribution in [0, 0.1) is 0 Å². The van der Waals surface area contributed by atoms with Gasteiger partial charge in [0.2, 0.25) is 0 Å². The van der Waals surface area contributed by atoms with Crippen molar-refractivity contribution >= 4 is 0 Å². The normalized spacial score (nSPS) is 18.0. The first-order chi connectivity index (χ1) is 10.0. The number of fused-ring (bicyclic) bond motifs is 1. The smallest absolute Gasteiger partial charge is 0.348 e. The number of aromatic nitrogens is 2. The SMILES string of the molecule is FC(F)(F)CNCc1cccc2c1CCC2c1ncc[nH]1. The zero-order valence-electron chi connectivity index (χ0n) is 11.4. The number of hydrogen-bond acceptors (Lipinski definition) is 2. The Morgan fingerprint density at radius 1 is 1.33 bits per heavy atom. The van der Waals surface area contributed by atoms with E-state index in [2.05, 4.69) is 15.3 Å². The molecule has 1 unspecified atom stereocenters. The van der Waals surface area contributed by atoms with Crippen LogP contribution < -0.4 is 5.32 Å². The monoisotopic (exact) mass is 295 g/mol. The Bertz CT molecular complexity index is 605. The first kappa shape index (κ1) is 14.1. The van der Waals surface area contributed by atoms with Crippen LogP contribution in [0.15, 0.2) is 30.6 Å². The zero-order valence-corrected chi connectivity index (χ0v) is 11.4. The zero-order chi connectivity index (χ0) is 14.9. The third-order valence-electron chi connectivity index (χ3n) is 3.86. The highest BCUT2D eigenvalue weighted by molar-refractivity contribution is 5.43. The van der Waals surface area contributed by atoms with Gasteiger partial charge in [-0.2, -0.15) is 13.2 Å². The number of nitrogens with zero attached hydrogens (tertiary/aromatic N) is 1. The quantitative estimate of drug-likeness (QED) is 0.910. The van der Waals surface area contributed by atoms with E-state index in [0.717, 1.165) is 29.8 Å². The summed E-state index contributed by atoms with van der Waals surface area (Å²) in [6, 6.07) is 5.85. The molecule has 1 aliphatic carbocycles. The van der Waals surface area contributed by atoms with E-state index in [1.165, 1.54) is 5.56 Å². The summed E-state index contributed by atoms with van der Waals surface area (Å²) in [5.41, 5.74) is 3.29. The van der Waals surface area contributed by atoms with Gasteiger partial charge >= 0.3 is 6.18 Å². The van der Waals surface area contributed by atoms with Crippen LogP contribution in [0.5, 0.6) is 0 Å². The van der Waals surface area contributed by atoms with Crippen molar-refractivity contribution in [3.8, 4) is 0 Å². The second-order valence-electron chi connectivity index (χ2n) is 5.27. The number of alkyl halides is 3. The molecule has 0 amide bonds. The molecular formula is C15H16F3N3. The fourth-order valence-electron chi connectivity index (χ4n) is 2.99. The summed E-state index contributed by atoms with van der Waals surface area (Å²) in [4.78, 5) is 7.43. The van der Waals surface area contributed by atoms with Crippen LogP contribution >= 0.6 is 0 Å². The van der Waals surface area contributed by atoms with Gasteiger partial charge in [-0.05, 0) is 29.5 Å². The molecule has 1 heterocycles. The maximum atomic E-state index is 12.2. The van der Waals surface area contributed by atoms with Gasteiger partial charge in [0.05, 0.1) is 6.54 Å². The van der Waals surface area contributed by atoms with Crippen LogP contribution in [0.3, 0.4) is 0 Å². The van der Waals surface area contributed by atoms with Crippen LogP contribution in [-0.4, -0.2) is 22.7 Å². The maximum Gasteiger partial charge on any atom is 0.401 e. The average Bonchev–Trinajstić information content (AvgIpc) is 3.05. The Morgan fingerprint density at radius 3 is 2.90 bits per heavy atom. The number of benzene rings is 1. The minimum absolute atomic E-state index is 0.220. The molecule has 1 atom stereocenters. The second-order valence-corrected chi connectivity index (χ2v) is 5.27. The van der Waals surface area contributed by atoms with Gasteiger partial charge in [-0.1, -0.05) is 18.2 Å². The number of rotatable bonds is 4. The number of aromatic amines is 1. The van der Waals surface area contributed by atoms with Gasteiger partial charge in [-0.3, -0.25) is 0 Å². The van der Waals surface area contributed by atoms with E-state index in [9.17, 15) is 13.2 Å². The van der Waals surface area contributed by atoms with Crippen LogP contribution in [0.1, 0.15) is 34.9 Å². The van der Waals surface area contributed by atoms with E-state index in [1.807, 2.05) is 18.2 Å². The fourth-order valence-corrected chi connectivity index (χ4v) is 2.99. The van der Waals surface area contributed by atoms with Crippen LogP contribution in [0.4, 0.5) is 13.2 Å². The molecule has 21 heavy (non-hydrogen) atoms. The fraction of sp³-hybridized carbons (Fsp3) is 0.400. The Hall–Kier alpha value is -1.82. The topological polar surface area (TPSA) is 40.7 Å². The molecule has 3 rings (SSSR count). The molecule has 1 aromatic heterocycles. The number of H-pyrrole nitrogens is 1. The molecule has 0 bridgehead atoms. The Balaban J connectivity index is 1.77. The van der Waals surface area contributed by atoms with Crippen molar-refractivity contribution < 1.29 is 13.2 Å². The standard InChI is InChI=1S/C15H16F3N3/c16-15(17,18)9-19-8-10-2-1-3-12-11(10)4-5-13(12)14-20-6-7-21-14/h1-3,6-7,13,19H,4-5,8-9H2,(H,20,21). The predicted molar refractivity (Wildman–Crippen MR) is 73.0 cm³/mol. The molecule has 3 nitrogen and oxygen atoms in total. The molecule has 0 fully saturated rings. The molecule has 1 aromatic carbocycles. The third-order valence-corrected chi connectivity index (χ3v) is 3.86. The molecule has 0 aliphatic heterocycles. The van der Waals surface area contributed by atoms with Gasteiger partial charge in [-0.25, -0.2) is 4.98 Å². The highest BCUT2D eigenvalue weighted by Gasteiger charge is 2.29. The lowest BCUT2D eigenvalue weighted by Crippen LogP contribution is -2.28. The van der Waals surface area contributed by atoms with Gasteiger partial charge in [-0.15, -0.1) is 0 Å². The summed E-state index contributed by atoms with van der Waals surface area (Å²) < 4.78 is 36.6. The predicted octanol–water partition coefficient (Wildman–Crippen LogP) is 3.14. The molecular weight excluding hydrogens is 279 g/mol. The molecule has 0 spiro atoms. The molecule has 2 N–H and O–H groups in total. The van der Waals surface area contributed by atoms with Crippen LogP contribution in [0.25, 0.3) is 0 Å². The van der Waals surface area contributed by atoms with Crippen molar-refractivity contribution in [1.29, 1.82) is 0 Å². The van der Waals surface area contributed by atoms with Crippen molar-refractivity contribution in [1.82, 2.24) is 15.3 Å². The Kier molecular flexibility index (Phi) is 3.71. The summed E-state index contributed by atoms with van der Waals surface area (Å²) in [7, 11) is 0. The lowest BCUT2D eigenvalue weighted by molar-refractivity contribution is -0.125. The summed E-state index contributed by atoms with van der Waals surface area (Å²) in [5, 5.41) is 2.47. The third kappa shape index (κ3) is 3.10. The second kappa shape index (κ2) is 5.52. The maximum absolute atomic E-state index is 12.2. The van der Waals surface area contributed by atoms with E-state index >= 15 is 0 Å². The summed E-state index contributed by atoms with van der Waals surface area (Å²) in [5.74, 6) is 1.15. The first-order valence-electron chi connectivity index (χ1n) is 6.92. The van der Waals surface area contributed by atoms with Gasteiger partial charge in [0.25, 0.3) is 0 Å². The largest absolute Gasteiger partial charge is 0.401 e. The molecule has 112 valence electrons. The molecule has 2 aromatic rings. The minimum Gasteiger partial charge on any atom is -0.348 e. The van der Waals surface area contributed by atoms with Crippen LogP contribution in [-0.2, 0) is 13.0 Å². The summed E-state index contributed by atoms with van der Waals surface area (Å²) >= 11 is 0. The van der Waals surface area contributed by atoms with Crippen molar-refractivity contribution in [2.24, 2.45) is 0 Å². The number of nitrogens with one attached hydrogen (secondary N) is 2. The van der Waals surface area contributed by atoms with E-state index in [4.69, 9.17) is 0 Å². The van der Waals surface area contributed by atoms with Gasteiger partial charge in [0.1, 0.15) is 5.82 Å². The van der Waals surface area contributed by atoms with E-state index in [0.29, 0.717) is 0 Å². The lowest BCUT2D eigenvalue weighted by Gasteiger charge is -2.13. The van der Waals surface area contributed by atoms with Crippen LogP contribution in [0.2, 0.25) is 0 Å². The van der Waals surface area contributed by atoms with Crippen molar-refractivity contribution in [2.45, 2.75) is 31.5 Å². The summed E-state index contributed by atoms with van der Waals surface area (Å²) in [6.45, 7) is -0.716. The van der Waals surface area contributed by atoms with Crippen molar-refractivity contribution in [3.05, 3.63) is 53.1 Å². The minimum atomic E-state index is -4.17. The highest BCUT2D eigenvalue weighted by Crippen LogP contribution is 2.38. The molecule has 0 radical (unpaired) electrons. The van der Waals surface area contributed by atoms with Crippen molar-refractivity contribution in [2.75, 3.05) is 6.54 Å². The van der Waals surface area contributed by atoms with Gasteiger partial charge < -0.3 is 10.3 Å². The van der Waals surface area contributed by atoms with Crippen molar-refractivity contribution in [3.63, 3.8) is 0 Å². The molecule has 1 aliphatic rings. The average molecular weight is 295 g/mol. The number of imidazole rings is 1. The summed E-state index contributed by atoms with van der Waals surface area (Å²) in [6.07, 6.45) is 1.17.